The molecule has 1 heterocycles. The molecule has 0 aliphatic carbocycles. The molecule has 2 aromatic rings. The molecule has 2 rings (SSSR count). The molecule has 0 aliphatic rings. The van der Waals surface area contributed by atoms with E-state index in [1.807, 2.05) is 45.0 Å². The van der Waals surface area contributed by atoms with Crippen molar-refractivity contribution in [3.05, 3.63) is 41.7 Å². The van der Waals surface area contributed by atoms with Crippen LogP contribution in [0.4, 0.5) is 0 Å². The molecular weight excluding hydrogens is 304 g/mol. The summed E-state index contributed by atoms with van der Waals surface area (Å²) in [6, 6.07) is 7.77. The highest BCUT2D eigenvalue weighted by atomic mass is 16.3. The normalized spacial score (nSPS) is 11.1. The summed E-state index contributed by atoms with van der Waals surface area (Å²) >= 11 is 0. The molecule has 1 N–H and O–H groups in total. The number of amides is 2. The van der Waals surface area contributed by atoms with Crippen molar-refractivity contribution in [1.29, 1.82) is 0 Å². The van der Waals surface area contributed by atoms with E-state index in [-0.39, 0.29) is 18.4 Å². The number of rotatable bonds is 7. The Morgan fingerprint density at radius 3 is 2.62 bits per heavy atom. The van der Waals surface area contributed by atoms with Crippen LogP contribution < -0.4 is 5.32 Å². The zero-order valence-electron chi connectivity index (χ0n) is 14.5. The number of hydrogen-bond acceptors (Lipinski definition) is 3. The zero-order chi connectivity index (χ0) is 17.5. The number of carbonyl (C=O) groups excluding carboxylic acids is 2. The predicted molar refractivity (Wildman–Crippen MR) is 95.6 cm³/mol. The van der Waals surface area contributed by atoms with Crippen LogP contribution >= 0.6 is 0 Å². The number of likely N-dealkylation sites (N-methyl/N-ethyl adjacent to an activating group) is 2. The molecule has 5 nitrogen and oxygen atoms in total. The van der Waals surface area contributed by atoms with Gasteiger partial charge in [0.15, 0.2) is 0 Å². The minimum Gasteiger partial charge on any atom is -0.460 e. The Kier molecular flexibility index (Phi) is 6.18. The first-order valence-electron chi connectivity index (χ1n) is 8.34. The first-order valence-corrected chi connectivity index (χ1v) is 8.34. The molecule has 128 valence electrons. The smallest absolute Gasteiger partial charge is 0.247 e. The summed E-state index contributed by atoms with van der Waals surface area (Å²) in [4.78, 5) is 25.6. The van der Waals surface area contributed by atoms with Gasteiger partial charge in [-0.2, -0.15) is 0 Å². The number of furan rings is 1. The van der Waals surface area contributed by atoms with Crippen molar-refractivity contribution in [2.75, 3.05) is 19.6 Å². The van der Waals surface area contributed by atoms with Crippen molar-refractivity contribution in [2.45, 2.75) is 27.2 Å². The summed E-state index contributed by atoms with van der Waals surface area (Å²) in [5, 5.41) is 3.70. The largest absolute Gasteiger partial charge is 0.460 e. The van der Waals surface area contributed by atoms with E-state index >= 15 is 0 Å². The summed E-state index contributed by atoms with van der Waals surface area (Å²) in [6.45, 7) is 6.83. The number of fused-ring (bicyclic) bond motifs is 1. The molecular formula is C19H24N2O3. The van der Waals surface area contributed by atoms with Gasteiger partial charge < -0.3 is 14.6 Å². The van der Waals surface area contributed by atoms with Crippen molar-refractivity contribution in [2.24, 2.45) is 0 Å². The third-order valence-corrected chi connectivity index (χ3v) is 3.83. The van der Waals surface area contributed by atoms with E-state index in [1.165, 1.54) is 11.0 Å². The van der Waals surface area contributed by atoms with Crippen LogP contribution in [0.2, 0.25) is 0 Å². The SMILES string of the molecule is CCNC(=O)CN(CC)C(=O)/C=C/c1c(CC)oc2ccccc12. The fourth-order valence-electron chi connectivity index (χ4n) is 2.59. The van der Waals surface area contributed by atoms with Gasteiger partial charge in [0.05, 0.1) is 6.54 Å². The topological polar surface area (TPSA) is 62.6 Å². The molecule has 24 heavy (non-hydrogen) atoms. The maximum atomic E-state index is 12.4. The predicted octanol–water partition coefficient (Wildman–Crippen LogP) is 2.99. The molecule has 0 unspecified atom stereocenters. The molecule has 0 fully saturated rings. The highest BCUT2D eigenvalue weighted by Gasteiger charge is 2.14. The fraction of sp³-hybridized carbons (Fsp3) is 0.368. The van der Waals surface area contributed by atoms with Crippen molar-refractivity contribution in [1.82, 2.24) is 10.2 Å². The lowest BCUT2D eigenvalue weighted by molar-refractivity contribution is -0.132. The fourth-order valence-corrected chi connectivity index (χ4v) is 2.59. The molecule has 0 saturated carbocycles. The Bertz CT molecular complexity index is 746. The maximum absolute atomic E-state index is 12.4. The van der Waals surface area contributed by atoms with E-state index in [4.69, 9.17) is 4.42 Å². The van der Waals surface area contributed by atoms with Crippen LogP contribution in [0, 0.1) is 0 Å². The van der Waals surface area contributed by atoms with E-state index in [0.717, 1.165) is 28.7 Å². The first-order chi connectivity index (χ1) is 11.6. The molecule has 0 spiro atoms. The Labute approximate surface area is 142 Å². The Morgan fingerprint density at radius 2 is 1.96 bits per heavy atom. The number of benzene rings is 1. The van der Waals surface area contributed by atoms with Crippen molar-refractivity contribution in [3.8, 4) is 0 Å². The summed E-state index contributed by atoms with van der Waals surface area (Å²) in [5.74, 6) is 0.521. The second-order valence-corrected chi connectivity index (χ2v) is 5.43. The van der Waals surface area contributed by atoms with Gasteiger partial charge in [-0.05, 0) is 26.0 Å². The molecule has 0 bridgehead atoms. The zero-order valence-corrected chi connectivity index (χ0v) is 14.5. The lowest BCUT2D eigenvalue weighted by Gasteiger charge is -2.18. The lowest BCUT2D eigenvalue weighted by Crippen LogP contribution is -2.39. The van der Waals surface area contributed by atoms with Crippen LogP contribution in [-0.2, 0) is 16.0 Å². The van der Waals surface area contributed by atoms with Gasteiger partial charge in [0.1, 0.15) is 11.3 Å². The highest BCUT2D eigenvalue weighted by Crippen LogP contribution is 2.27. The van der Waals surface area contributed by atoms with E-state index in [0.29, 0.717) is 13.1 Å². The summed E-state index contributed by atoms with van der Waals surface area (Å²) in [7, 11) is 0. The van der Waals surface area contributed by atoms with Crippen LogP contribution in [-0.4, -0.2) is 36.3 Å². The standard InChI is InChI=1S/C19H24N2O3/c1-4-16-15(14-9-7-8-10-17(14)24-16)11-12-19(23)21(6-3)13-18(22)20-5-2/h7-12H,4-6,13H2,1-3H3,(H,20,22)/b12-11+. The average molecular weight is 328 g/mol. The second-order valence-electron chi connectivity index (χ2n) is 5.43. The summed E-state index contributed by atoms with van der Waals surface area (Å²) in [5.41, 5.74) is 1.74. The number of para-hydroxylation sites is 1. The van der Waals surface area contributed by atoms with Gasteiger partial charge in [0.25, 0.3) is 0 Å². The van der Waals surface area contributed by atoms with Crippen LogP contribution in [0.5, 0.6) is 0 Å². The molecule has 2 amide bonds. The Balaban J connectivity index is 2.20. The van der Waals surface area contributed by atoms with E-state index in [1.54, 1.807) is 6.08 Å². The van der Waals surface area contributed by atoms with E-state index in [9.17, 15) is 9.59 Å². The molecule has 0 saturated heterocycles. The van der Waals surface area contributed by atoms with E-state index < -0.39 is 0 Å². The molecule has 0 aliphatic heterocycles. The summed E-state index contributed by atoms with van der Waals surface area (Å²) < 4.78 is 5.82. The highest BCUT2D eigenvalue weighted by molar-refractivity contribution is 5.97. The van der Waals surface area contributed by atoms with Gasteiger partial charge in [0.2, 0.25) is 11.8 Å². The minimum absolute atomic E-state index is 0.0697. The second kappa shape index (κ2) is 8.34. The van der Waals surface area contributed by atoms with Crippen molar-refractivity contribution in [3.63, 3.8) is 0 Å². The van der Waals surface area contributed by atoms with Crippen molar-refractivity contribution < 1.29 is 14.0 Å². The van der Waals surface area contributed by atoms with Gasteiger partial charge in [-0.1, -0.05) is 25.1 Å². The summed E-state index contributed by atoms with van der Waals surface area (Å²) in [6.07, 6.45) is 4.05. The van der Waals surface area contributed by atoms with Crippen LogP contribution in [0.25, 0.3) is 17.0 Å². The molecule has 1 aromatic heterocycles. The van der Waals surface area contributed by atoms with Gasteiger partial charge in [-0.3, -0.25) is 9.59 Å². The monoisotopic (exact) mass is 328 g/mol. The first kappa shape index (κ1) is 17.8. The van der Waals surface area contributed by atoms with Crippen LogP contribution in [0.3, 0.4) is 0 Å². The van der Waals surface area contributed by atoms with Gasteiger partial charge in [0, 0.05) is 36.5 Å². The quantitative estimate of drug-likeness (QED) is 0.795. The maximum Gasteiger partial charge on any atom is 0.247 e. The van der Waals surface area contributed by atoms with Gasteiger partial charge in [-0.15, -0.1) is 0 Å². The molecule has 1 aromatic carbocycles. The van der Waals surface area contributed by atoms with Crippen LogP contribution in [0.1, 0.15) is 32.1 Å². The number of carbonyl (C=O) groups is 2. The number of nitrogens with one attached hydrogen (secondary N) is 1. The molecule has 0 radical (unpaired) electrons. The van der Waals surface area contributed by atoms with Crippen molar-refractivity contribution >= 4 is 28.9 Å². The lowest BCUT2D eigenvalue weighted by atomic mass is 10.1. The number of nitrogens with zero attached hydrogens (tertiary/aromatic N) is 1. The Morgan fingerprint density at radius 1 is 1.21 bits per heavy atom. The molecule has 5 heteroatoms. The van der Waals surface area contributed by atoms with E-state index in [2.05, 4.69) is 5.32 Å². The number of aryl methyl sites for hydroxylation is 1. The third-order valence-electron chi connectivity index (χ3n) is 3.83. The molecule has 0 atom stereocenters. The Hall–Kier alpha value is -2.56. The van der Waals surface area contributed by atoms with Gasteiger partial charge in [-0.25, -0.2) is 0 Å². The van der Waals surface area contributed by atoms with Crippen LogP contribution in [0.15, 0.2) is 34.8 Å². The van der Waals surface area contributed by atoms with Gasteiger partial charge >= 0.3 is 0 Å². The number of hydrogen-bond donors (Lipinski definition) is 1. The third kappa shape index (κ3) is 4.04. The minimum atomic E-state index is -0.184. The average Bonchev–Trinajstić information content (AvgIpc) is 2.95.